The number of carbonyl (C=O) groups is 1. The Kier molecular flexibility index (Phi) is 3.70. The fourth-order valence-electron chi connectivity index (χ4n) is 2.80. The SMILES string of the molecule is NC(=O)C1=CN2C(=NC(c3ccccc3)=CC2c2ccccc2)S1. The summed E-state index contributed by atoms with van der Waals surface area (Å²) in [5, 5.41) is 0.777. The molecule has 1 unspecified atom stereocenters. The summed E-state index contributed by atoms with van der Waals surface area (Å²) in [6.07, 6.45) is 3.91. The van der Waals surface area contributed by atoms with Gasteiger partial charge in [-0.2, -0.15) is 0 Å². The van der Waals surface area contributed by atoms with E-state index in [0.29, 0.717) is 4.91 Å². The van der Waals surface area contributed by atoms with E-state index in [0.717, 1.165) is 22.0 Å². The molecule has 24 heavy (non-hydrogen) atoms. The number of primary amides is 1. The lowest BCUT2D eigenvalue weighted by Gasteiger charge is -2.29. The van der Waals surface area contributed by atoms with Gasteiger partial charge in [0.05, 0.1) is 16.6 Å². The van der Waals surface area contributed by atoms with Crippen LogP contribution < -0.4 is 5.73 Å². The smallest absolute Gasteiger partial charge is 0.257 e. The first kappa shape index (κ1) is 14.8. The molecule has 4 nitrogen and oxygen atoms in total. The van der Waals surface area contributed by atoms with Gasteiger partial charge in [-0.3, -0.25) is 4.79 Å². The second-order valence-corrected chi connectivity index (χ2v) is 6.54. The van der Waals surface area contributed by atoms with Gasteiger partial charge in [0.2, 0.25) is 0 Å². The maximum absolute atomic E-state index is 11.6. The molecule has 2 aromatic rings. The van der Waals surface area contributed by atoms with Crippen LogP contribution in [0.15, 0.2) is 82.8 Å². The van der Waals surface area contributed by atoms with Crippen LogP contribution in [0.4, 0.5) is 0 Å². The first-order valence-electron chi connectivity index (χ1n) is 7.61. The van der Waals surface area contributed by atoms with E-state index < -0.39 is 5.91 Å². The van der Waals surface area contributed by atoms with Gasteiger partial charge in [0.15, 0.2) is 5.17 Å². The Morgan fingerprint density at radius 2 is 1.71 bits per heavy atom. The molecule has 0 aromatic heterocycles. The van der Waals surface area contributed by atoms with E-state index in [4.69, 9.17) is 10.7 Å². The van der Waals surface area contributed by atoms with E-state index in [1.165, 1.54) is 11.8 Å². The van der Waals surface area contributed by atoms with Crippen molar-refractivity contribution in [2.24, 2.45) is 10.7 Å². The summed E-state index contributed by atoms with van der Waals surface area (Å²) in [5.41, 5.74) is 8.55. The van der Waals surface area contributed by atoms with Crippen LogP contribution in [0.5, 0.6) is 0 Å². The molecule has 1 atom stereocenters. The van der Waals surface area contributed by atoms with Gasteiger partial charge in [0.25, 0.3) is 5.91 Å². The molecule has 4 rings (SSSR count). The minimum absolute atomic E-state index is 0.0155. The van der Waals surface area contributed by atoms with Gasteiger partial charge >= 0.3 is 0 Å². The molecule has 0 fully saturated rings. The summed E-state index contributed by atoms with van der Waals surface area (Å²) in [6.45, 7) is 0. The summed E-state index contributed by atoms with van der Waals surface area (Å²) in [4.78, 5) is 18.8. The van der Waals surface area contributed by atoms with E-state index in [1.54, 1.807) is 6.20 Å². The van der Waals surface area contributed by atoms with Gasteiger partial charge in [-0.1, -0.05) is 60.7 Å². The largest absolute Gasteiger partial charge is 0.365 e. The van der Waals surface area contributed by atoms with E-state index in [2.05, 4.69) is 18.2 Å². The lowest BCUT2D eigenvalue weighted by Crippen LogP contribution is -2.27. The first-order chi connectivity index (χ1) is 11.7. The minimum atomic E-state index is -0.426. The average molecular weight is 333 g/mol. The number of aliphatic imine (C=N–C) groups is 1. The quantitative estimate of drug-likeness (QED) is 0.935. The van der Waals surface area contributed by atoms with Crippen molar-refractivity contribution in [3.8, 4) is 0 Å². The highest BCUT2D eigenvalue weighted by Crippen LogP contribution is 2.41. The van der Waals surface area contributed by atoms with Crippen molar-refractivity contribution < 1.29 is 4.79 Å². The van der Waals surface area contributed by atoms with Crippen molar-refractivity contribution in [2.75, 3.05) is 0 Å². The summed E-state index contributed by atoms with van der Waals surface area (Å²) in [7, 11) is 0. The van der Waals surface area contributed by atoms with Gasteiger partial charge < -0.3 is 10.6 Å². The number of carbonyl (C=O) groups excluding carboxylic acids is 1. The van der Waals surface area contributed by atoms with Crippen molar-refractivity contribution in [2.45, 2.75) is 6.04 Å². The molecule has 118 valence electrons. The number of hydrogen-bond acceptors (Lipinski definition) is 4. The lowest BCUT2D eigenvalue weighted by molar-refractivity contribution is -0.113. The molecule has 2 N–H and O–H groups in total. The zero-order chi connectivity index (χ0) is 16.5. The van der Waals surface area contributed by atoms with Crippen molar-refractivity contribution in [3.63, 3.8) is 0 Å². The summed E-state index contributed by atoms with van der Waals surface area (Å²) in [5.74, 6) is -0.426. The number of nitrogens with two attached hydrogens (primary N) is 1. The molecule has 2 aliphatic rings. The highest BCUT2D eigenvalue weighted by Gasteiger charge is 2.33. The third kappa shape index (κ3) is 2.63. The van der Waals surface area contributed by atoms with Crippen LogP contribution in [0.1, 0.15) is 17.2 Å². The number of amidine groups is 1. The van der Waals surface area contributed by atoms with Crippen molar-refractivity contribution in [1.82, 2.24) is 4.90 Å². The average Bonchev–Trinajstić information content (AvgIpc) is 3.07. The van der Waals surface area contributed by atoms with Crippen LogP contribution in [0.3, 0.4) is 0 Å². The van der Waals surface area contributed by atoms with E-state index >= 15 is 0 Å². The molecule has 0 aliphatic carbocycles. The molecule has 1 amide bonds. The summed E-state index contributed by atoms with van der Waals surface area (Å²) < 4.78 is 0. The molecule has 2 aromatic carbocycles. The van der Waals surface area contributed by atoms with Crippen molar-refractivity contribution in [3.05, 3.63) is 89.0 Å². The van der Waals surface area contributed by atoms with Crippen molar-refractivity contribution >= 4 is 28.5 Å². The molecule has 5 heteroatoms. The number of amides is 1. The van der Waals surface area contributed by atoms with Crippen LogP contribution in [-0.2, 0) is 4.79 Å². The van der Waals surface area contributed by atoms with Crippen molar-refractivity contribution in [1.29, 1.82) is 0 Å². The highest BCUT2D eigenvalue weighted by atomic mass is 32.2. The number of nitrogens with zero attached hydrogens (tertiary/aromatic N) is 2. The van der Waals surface area contributed by atoms with Gasteiger partial charge in [-0.25, -0.2) is 4.99 Å². The maximum atomic E-state index is 11.6. The van der Waals surface area contributed by atoms with Gasteiger partial charge in [0.1, 0.15) is 0 Å². The van der Waals surface area contributed by atoms with E-state index in [-0.39, 0.29) is 6.04 Å². The van der Waals surface area contributed by atoms with E-state index in [9.17, 15) is 4.79 Å². The highest BCUT2D eigenvalue weighted by molar-refractivity contribution is 8.18. The Labute approximate surface area is 144 Å². The van der Waals surface area contributed by atoms with Crippen LogP contribution in [0.2, 0.25) is 0 Å². The molecule has 0 spiro atoms. The molecule has 2 heterocycles. The maximum Gasteiger partial charge on any atom is 0.257 e. The second kappa shape index (κ2) is 6.02. The first-order valence-corrected chi connectivity index (χ1v) is 8.43. The third-order valence-electron chi connectivity index (χ3n) is 3.96. The Morgan fingerprint density at radius 1 is 1.04 bits per heavy atom. The number of fused-ring (bicyclic) bond motifs is 1. The molecule has 0 bridgehead atoms. The molecular formula is C19H15N3OS. The molecule has 0 saturated carbocycles. The Hall–Kier alpha value is -2.79. The van der Waals surface area contributed by atoms with Gasteiger partial charge in [0, 0.05) is 6.20 Å². The number of rotatable bonds is 3. The van der Waals surface area contributed by atoms with Gasteiger partial charge in [-0.15, -0.1) is 0 Å². The van der Waals surface area contributed by atoms with Crippen LogP contribution in [-0.4, -0.2) is 16.0 Å². The molecule has 2 aliphatic heterocycles. The Balaban J connectivity index is 1.81. The third-order valence-corrected chi connectivity index (χ3v) is 4.97. The Bertz CT molecular complexity index is 872. The second-order valence-electron chi connectivity index (χ2n) is 5.53. The Morgan fingerprint density at radius 3 is 2.38 bits per heavy atom. The fraction of sp³-hybridized carbons (Fsp3) is 0.0526. The zero-order valence-electron chi connectivity index (χ0n) is 12.8. The molecule has 0 radical (unpaired) electrons. The fourth-order valence-corrected chi connectivity index (χ4v) is 3.68. The zero-order valence-corrected chi connectivity index (χ0v) is 13.6. The van der Waals surface area contributed by atoms with E-state index in [1.807, 2.05) is 53.4 Å². The standard InChI is InChI=1S/C19H15N3OS/c20-18(23)17-12-22-16(14-9-5-2-6-10-14)11-15(21-19(22)24-17)13-7-3-1-4-8-13/h1-12,16H,(H2,20,23). The predicted octanol–water partition coefficient (Wildman–Crippen LogP) is 3.51. The molecule has 0 saturated heterocycles. The van der Waals surface area contributed by atoms with Crippen LogP contribution in [0, 0.1) is 0 Å². The monoisotopic (exact) mass is 333 g/mol. The summed E-state index contributed by atoms with van der Waals surface area (Å²) >= 11 is 1.32. The normalized spacial score (nSPS) is 19.2. The predicted molar refractivity (Wildman–Crippen MR) is 97.7 cm³/mol. The van der Waals surface area contributed by atoms with Crippen LogP contribution in [0.25, 0.3) is 5.70 Å². The lowest BCUT2D eigenvalue weighted by atomic mass is 10.0. The summed E-state index contributed by atoms with van der Waals surface area (Å²) in [6, 6.07) is 20.2. The minimum Gasteiger partial charge on any atom is -0.365 e. The topological polar surface area (TPSA) is 58.7 Å². The number of benzene rings is 2. The molecular weight excluding hydrogens is 318 g/mol. The number of thioether (sulfide) groups is 1. The van der Waals surface area contributed by atoms with Crippen LogP contribution >= 0.6 is 11.8 Å². The van der Waals surface area contributed by atoms with Gasteiger partial charge in [-0.05, 0) is 29.0 Å². The number of hydrogen-bond donors (Lipinski definition) is 1.